The first-order chi connectivity index (χ1) is 13.4. The van der Waals surface area contributed by atoms with Crippen molar-refractivity contribution >= 4 is 17.4 Å². The van der Waals surface area contributed by atoms with Crippen LogP contribution < -0.4 is 4.90 Å². The molecule has 3 aromatic heterocycles. The summed E-state index contributed by atoms with van der Waals surface area (Å²) >= 11 is 0. The van der Waals surface area contributed by atoms with Crippen LogP contribution in [-0.2, 0) is 7.05 Å². The lowest BCUT2D eigenvalue weighted by Gasteiger charge is -2.35. The van der Waals surface area contributed by atoms with Crippen LogP contribution in [0.2, 0.25) is 0 Å². The molecule has 0 unspecified atom stereocenters. The Morgan fingerprint density at radius 3 is 2.64 bits per heavy atom. The quantitative estimate of drug-likeness (QED) is 0.692. The smallest absolute Gasteiger partial charge is 0.256 e. The number of hydrogen-bond donors (Lipinski definition) is 0. The molecule has 0 atom stereocenters. The van der Waals surface area contributed by atoms with Crippen LogP contribution >= 0.6 is 0 Å². The third kappa shape index (κ3) is 3.58. The first kappa shape index (κ1) is 18.5. The van der Waals surface area contributed by atoms with E-state index in [1.54, 1.807) is 17.1 Å². The molecule has 4 heterocycles. The zero-order valence-electron chi connectivity index (χ0n) is 17.0. The van der Waals surface area contributed by atoms with Crippen LogP contribution in [0.1, 0.15) is 34.6 Å². The Labute approximate surface area is 164 Å². The molecule has 1 aliphatic rings. The number of anilines is 1. The van der Waals surface area contributed by atoms with Crippen molar-refractivity contribution in [3.8, 4) is 0 Å². The maximum absolute atomic E-state index is 12.5. The monoisotopic (exact) mass is 381 g/mol. The van der Waals surface area contributed by atoms with Gasteiger partial charge in [-0.05, 0) is 32.6 Å². The van der Waals surface area contributed by atoms with E-state index < -0.39 is 0 Å². The van der Waals surface area contributed by atoms with Gasteiger partial charge in [-0.1, -0.05) is 0 Å². The lowest BCUT2D eigenvalue weighted by atomic mass is 9.96. The van der Waals surface area contributed by atoms with Crippen molar-refractivity contribution in [2.24, 2.45) is 13.0 Å². The largest absolute Gasteiger partial charge is 0.356 e. The Hall–Kier alpha value is -2.90. The van der Waals surface area contributed by atoms with Gasteiger partial charge in [-0.2, -0.15) is 14.7 Å². The number of carbonyl (C=O) groups excluding carboxylic acids is 1. The van der Waals surface area contributed by atoms with E-state index in [2.05, 4.69) is 26.1 Å². The van der Waals surface area contributed by atoms with Gasteiger partial charge in [0.05, 0.1) is 17.5 Å². The van der Waals surface area contributed by atoms with Crippen LogP contribution in [0.4, 0.5) is 5.82 Å². The molecule has 1 saturated heterocycles. The van der Waals surface area contributed by atoms with E-state index in [-0.39, 0.29) is 5.91 Å². The minimum absolute atomic E-state index is 0.0361. The molecule has 0 saturated carbocycles. The highest BCUT2D eigenvalue weighted by molar-refractivity contribution is 5.93. The molecule has 1 fully saturated rings. The number of amides is 1. The molecule has 148 valence electrons. The minimum atomic E-state index is 0.0361. The summed E-state index contributed by atoms with van der Waals surface area (Å²) in [6.45, 7) is 6.70. The highest BCUT2D eigenvalue weighted by atomic mass is 16.2. The molecule has 0 bridgehead atoms. The summed E-state index contributed by atoms with van der Waals surface area (Å²) in [6.07, 6.45) is 5.50. The number of rotatable bonds is 4. The highest BCUT2D eigenvalue weighted by Gasteiger charge is 2.24. The summed E-state index contributed by atoms with van der Waals surface area (Å²) in [7, 11) is 3.70. The van der Waals surface area contributed by atoms with Crippen molar-refractivity contribution in [2.75, 3.05) is 31.6 Å². The molecule has 0 N–H and O–H groups in total. The van der Waals surface area contributed by atoms with Crippen molar-refractivity contribution in [2.45, 2.75) is 26.7 Å². The lowest BCUT2D eigenvalue weighted by Crippen LogP contribution is -2.40. The van der Waals surface area contributed by atoms with Gasteiger partial charge >= 0.3 is 0 Å². The predicted molar refractivity (Wildman–Crippen MR) is 108 cm³/mol. The maximum Gasteiger partial charge on any atom is 0.256 e. The molecule has 1 aliphatic heterocycles. The summed E-state index contributed by atoms with van der Waals surface area (Å²) in [5.41, 5.74) is 3.53. The Balaban J connectivity index is 1.40. The number of nitrogens with zero attached hydrogens (tertiary/aromatic N) is 7. The van der Waals surface area contributed by atoms with Crippen molar-refractivity contribution in [3.05, 3.63) is 41.5 Å². The maximum atomic E-state index is 12.5. The van der Waals surface area contributed by atoms with E-state index in [1.165, 1.54) is 0 Å². The number of aromatic nitrogens is 5. The molecule has 4 rings (SSSR count). The number of aryl methyl sites for hydroxylation is 3. The Morgan fingerprint density at radius 1 is 1.21 bits per heavy atom. The fraction of sp³-hybridized carbons (Fsp3) is 0.500. The molecule has 0 spiro atoms. The van der Waals surface area contributed by atoms with Crippen molar-refractivity contribution in [1.29, 1.82) is 0 Å². The predicted octanol–water partition coefficient (Wildman–Crippen LogP) is 2.07. The van der Waals surface area contributed by atoms with E-state index in [4.69, 9.17) is 0 Å². The van der Waals surface area contributed by atoms with Gasteiger partial charge in [-0.15, -0.1) is 0 Å². The molecule has 0 radical (unpaired) electrons. The second-order valence-electron chi connectivity index (χ2n) is 7.83. The van der Waals surface area contributed by atoms with Gasteiger partial charge in [0.1, 0.15) is 5.82 Å². The van der Waals surface area contributed by atoms with Crippen LogP contribution in [0.3, 0.4) is 0 Å². The highest BCUT2D eigenvalue weighted by Crippen LogP contribution is 2.25. The zero-order chi connectivity index (χ0) is 19.8. The van der Waals surface area contributed by atoms with Crippen LogP contribution in [0.5, 0.6) is 0 Å². The molecule has 0 aliphatic carbocycles. The summed E-state index contributed by atoms with van der Waals surface area (Å²) < 4.78 is 3.61. The van der Waals surface area contributed by atoms with Gasteiger partial charge in [0.2, 0.25) is 0 Å². The zero-order valence-corrected chi connectivity index (χ0v) is 17.0. The van der Waals surface area contributed by atoms with Crippen molar-refractivity contribution in [1.82, 2.24) is 29.3 Å². The van der Waals surface area contributed by atoms with E-state index in [9.17, 15) is 4.79 Å². The van der Waals surface area contributed by atoms with E-state index in [0.717, 1.165) is 55.3 Å². The van der Waals surface area contributed by atoms with Gasteiger partial charge < -0.3 is 9.80 Å². The average molecular weight is 381 g/mol. The van der Waals surface area contributed by atoms with Gasteiger partial charge in [-0.3, -0.25) is 9.48 Å². The van der Waals surface area contributed by atoms with E-state index >= 15 is 0 Å². The van der Waals surface area contributed by atoms with Gasteiger partial charge in [0.25, 0.3) is 5.91 Å². The summed E-state index contributed by atoms with van der Waals surface area (Å²) in [5, 5.41) is 8.70. The van der Waals surface area contributed by atoms with Gasteiger partial charge in [0, 0.05) is 57.8 Å². The SMILES string of the molecule is Cc1cc(N2CCC(CN(C)C(=O)c3cnn(C)c3)CC2)n2nc(C)cc2n1. The second-order valence-corrected chi connectivity index (χ2v) is 7.83. The average Bonchev–Trinajstić information content (AvgIpc) is 3.25. The number of piperidine rings is 1. The molecular weight excluding hydrogens is 354 g/mol. The molecule has 8 heteroatoms. The van der Waals surface area contributed by atoms with E-state index in [1.807, 2.05) is 43.4 Å². The molecular formula is C20H27N7O. The molecule has 0 aromatic carbocycles. The van der Waals surface area contributed by atoms with Crippen LogP contribution in [0.15, 0.2) is 24.5 Å². The summed E-state index contributed by atoms with van der Waals surface area (Å²) in [5.74, 6) is 1.64. The Morgan fingerprint density at radius 2 is 1.96 bits per heavy atom. The third-order valence-corrected chi connectivity index (χ3v) is 5.43. The Kier molecular flexibility index (Phi) is 4.78. The van der Waals surface area contributed by atoms with Gasteiger partial charge in [0.15, 0.2) is 5.65 Å². The first-order valence-corrected chi connectivity index (χ1v) is 9.74. The minimum Gasteiger partial charge on any atom is -0.356 e. The Bertz CT molecular complexity index is 997. The van der Waals surface area contributed by atoms with E-state index in [0.29, 0.717) is 11.5 Å². The number of hydrogen-bond acceptors (Lipinski definition) is 5. The topological polar surface area (TPSA) is 71.6 Å². The number of carbonyl (C=O) groups is 1. The van der Waals surface area contributed by atoms with Crippen LogP contribution in [-0.4, -0.2) is 61.9 Å². The summed E-state index contributed by atoms with van der Waals surface area (Å²) in [6, 6.07) is 4.13. The summed E-state index contributed by atoms with van der Waals surface area (Å²) in [4.78, 5) is 21.3. The van der Waals surface area contributed by atoms with Crippen LogP contribution in [0.25, 0.3) is 5.65 Å². The fourth-order valence-corrected chi connectivity index (χ4v) is 3.99. The lowest BCUT2D eigenvalue weighted by molar-refractivity contribution is 0.0765. The molecule has 3 aromatic rings. The van der Waals surface area contributed by atoms with Gasteiger partial charge in [-0.25, -0.2) is 4.98 Å². The second kappa shape index (κ2) is 7.26. The molecule has 1 amide bonds. The van der Waals surface area contributed by atoms with Crippen molar-refractivity contribution in [3.63, 3.8) is 0 Å². The number of fused-ring (bicyclic) bond motifs is 1. The first-order valence-electron chi connectivity index (χ1n) is 9.74. The third-order valence-electron chi connectivity index (χ3n) is 5.43. The normalized spacial score (nSPS) is 15.4. The standard InChI is InChI=1S/C20H27N7O/c1-14-10-19(27-18(22-14)9-15(2)23-27)26-7-5-16(6-8-26)12-24(3)20(28)17-11-21-25(4)13-17/h9-11,13,16H,5-8,12H2,1-4H3. The fourth-order valence-electron chi connectivity index (χ4n) is 3.99. The van der Waals surface area contributed by atoms with Crippen molar-refractivity contribution < 1.29 is 4.79 Å². The molecule has 28 heavy (non-hydrogen) atoms. The molecule has 8 nitrogen and oxygen atoms in total. The van der Waals surface area contributed by atoms with Crippen LogP contribution in [0, 0.1) is 19.8 Å².